The molecule has 0 bridgehead atoms. The van der Waals surface area contributed by atoms with Crippen molar-refractivity contribution in [1.82, 2.24) is 10.2 Å². The van der Waals surface area contributed by atoms with Crippen LogP contribution in [-0.2, 0) is 9.53 Å². The fraction of sp³-hybridized carbons (Fsp3) is 0.519. The number of amides is 1. The molecule has 9 heteroatoms. The molecule has 0 saturated heterocycles. The molecule has 2 aromatic carbocycles. The van der Waals surface area contributed by atoms with Gasteiger partial charge in [-0.05, 0) is 74.5 Å². The van der Waals surface area contributed by atoms with E-state index in [1.807, 2.05) is 31.2 Å². The molecule has 1 N–H and O–H groups in total. The third-order valence-corrected chi connectivity index (χ3v) is 7.74. The topological polar surface area (TPSA) is 41.6 Å². The molecule has 1 fully saturated rings. The van der Waals surface area contributed by atoms with E-state index >= 15 is 0 Å². The van der Waals surface area contributed by atoms with Gasteiger partial charge in [0, 0.05) is 34.6 Å². The van der Waals surface area contributed by atoms with Crippen molar-refractivity contribution in [3.8, 4) is 0 Å². The second-order valence-corrected chi connectivity index (χ2v) is 10.6. The maximum absolute atomic E-state index is 14.7. The smallest absolute Gasteiger partial charge is 0.271 e. The Balaban J connectivity index is 1.83. The van der Waals surface area contributed by atoms with E-state index in [9.17, 15) is 18.0 Å². The summed E-state index contributed by atoms with van der Waals surface area (Å²) in [5.74, 6) is -1.02. The summed E-state index contributed by atoms with van der Waals surface area (Å²) in [6.45, 7) is 4.02. The first kappa shape index (κ1) is 29.0. The Hall–Kier alpha value is -1.61. The summed E-state index contributed by atoms with van der Waals surface area (Å²) < 4.78 is 47.9. The van der Waals surface area contributed by atoms with Crippen LogP contribution in [0.2, 0.25) is 5.02 Å². The zero-order valence-electron chi connectivity index (χ0n) is 20.5. The van der Waals surface area contributed by atoms with E-state index in [0.29, 0.717) is 24.7 Å². The van der Waals surface area contributed by atoms with Gasteiger partial charge >= 0.3 is 0 Å². The minimum Gasteiger partial charge on any atom is -0.380 e. The van der Waals surface area contributed by atoms with Gasteiger partial charge in [0.2, 0.25) is 5.91 Å². The lowest BCUT2D eigenvalue weighted by Gasteiger charge is -2.40. The normalized spacial score (nSPS) is 22.0. The molecule has 1 amide bonds. The number of carbonyl (C=O) groups excluding carboxylic acids is 1. The molecule has 0 aliphatic heterocycles. The number of likely N-dealkylation sites (N-methyl/N-ethyl adjacent to an activating group) is 1. The number of carbonyl (C=O) groups is 1. The minimum absolute atomic E-state index is 0.137. The van der Waals surface area contributed by atoms with Crippen LogP contribution in [0, 0.1) is 5.92 Å². The summed E-state index contributed by atoms with van der Waals surface area (Å²) in [6, 6.07) is 12.5. The molecule has 36 heavy (non-hydrogen) atoms. The molecule has 4 nitrogen and oxygen atoms in total. The van der Waals surface area contributed by atoms with Crippen LogP contribution >= 0.6 is 27.5 Å². The quantitative estimate of drug-likeness (QED) is 0.294. The Morgan fingerprint density at radius 3 is 2.42 bits per heavy atom. The number of nitrogens with zero attached hydrogens (tertiary/aromatic N) is 1. The molecule has 0 radical (unpaired) electrons. The molecule has 0 spiro atoms. The van der Waals surface area contributed by atoms with Crippen LogP contribution in [0.15, 0.2) is 53.0 Å². The number of rotatable bonds is 11. The standard InChI is InChI=1S/C27H33BrClF3N2O2/c1-3-36-15-14-34(2)21-12-13-22(23(16-21)17-4-8-19(28)9-5-17)27(35)33-25(24(30)26(31)32)18-6-10-20(29)11-7-18/h4-11,21-26H,3,12-16H2,1-2H3,(H,33,35)/t21-,22+,23-,24?,25?/m0/s1. The van der Waals surface area contributed by atoms with E-state index in [4.69, 9.17) is 16.3 Å². The largest absolute Gasteiger partial charge is 0.380 e. The number of alkyl halides is 3. The van der Waals surface area contributed by atoms with Crippen molar-refractivity contribution < 1.29 is 22.7 Å². The van der Waals surface area contributed by atoms with E-state index in [0.717, 1.165) is 29.4 Å². The minimum atomic E-state index is -3.23. The zero-order chi connectivity index (χ0) is 26.2. The average Bonchev–Trinajstić information content (AvgIpc) is 2.87. The predicted molar refractivity (Wildman–Crippen MR) is 140 cm³/mol. The first-order valence-corrected chi connectivity index (χ1v) is 13.4. The Morgan fingerprint density at radius 1 is 1.14 bits per heavy atom. The fourth-order valence-corrected chi connectivity index (χ4v) is 5.29. The van der Waals surface area contributed by atoms with Gasteiger partial charge in [-0.3, -0.25) is 4.79 Å². The highest BCUT2D eigenvalue weighted by atomic mass is 79.9. The van der Waals surface area contributed by atoms with Gasteiger partial charge in [-0.15, -0.1) is 0 Å². The molecule has 5 atom stereocenters. The van der Waals surface area contributed by atoms with E-state index in [-0.39, 0.29) is 17.5 Å². The summed E-state index contributed by atoms with van der Waals surface area (Å²) in [7, 11) is 2.05. The van der Waals surface area contributed by atoms with E-state index in [1.54, 1.807) is 0 Å². The third kappa shape index (κ3) is 7.70. The number of ether oxygens (including phenoxy) is 1. The van der Waals surface area contributed by atoms with Gasteiger partial charge < -0.3 is 15.0 Å². The van der Waals surface area contributed by atoms with E-state index < -0.39 is 30.5 Å². The number of nitrogens with one attached hydrogen (secondary N) is 1. The van der Waals surface area contributed by atoms with Gasteiger partial charge in [-0.2, -0.15) is 0 Å². The molecule has 3 rings (SSSR count). The van der Waals surface area contributed by atoms with Gasteiger partial charge in [0.25, 0.3) is 6.43 Å². The molecular formula is C27H33BrClF3N2O2. The zero-order valence-corrected chi connectivity index (χ0v) is 22.8. The molecule has 1 saturated carbocycles. The number of hydrogen-bond acceptors (Lipinski definition) is 3. The van der Waals surface area contributed by atoms with Crippen LogP contribution in [0.3, 0.4) is 0 Å². The van der Waals surface area contributed by atoms with E-state index in [2.05, 4.69) is 33.2 Å². The highest BCUT2D eigenvalue weighted by Crippen LogP contribution is 2.40. The Bertz CT molecular complexity index is 964. The van der Waals surface area contributed by atoms with Crippen LogP contribution < -0.4 is 5.32 Å². The van der Waals surface area contributed by atoms with Gasteiger partial charge in [0.15, 0.2) is 6.17 Å². The maximum Gasteiger partial charge on any atom is 0.271 e. The van der Waals surface area contributed by atoms with Gasteiger partial charge in [-0.1, -0.05) is 51.8 Å². The van der Waals surface area contributed by atoms with Gasteiger partial charge in [0.05, 0.1) is 12.6 Å². The van der Waals surface area contributed by atoms with Crippen LogP contribution in [0.5, 0.6) is 0 Å². The highest BCUT2D eigenvalue weighted by molar-refractivity contribution is 9.10. The average molecular weight is 590 g/mol. The predicted octanol–water partition coefficient (Wildman–Crippen LogP) is 6.78. The van der Waals surface area contributed by atoms with Crippen LogP contribution in [0.4, 0.5) is 13.2 Å². The van der Waals surface area contributed by atoms with Crippen molar-refractivity contribution in [2.24, 2.45) is 5.92 Å². The first-order chi connectivity index (χ1) is 17.2. The summed E-state index contributed by atoms with van der Waals surface area (Å²) >= 11 is 9.37. The second-order valence-electron chi connectivity index (χ2n) is 9.23. The lowest BCUT2D eigenvalue weighted by atomic mass is 9.72. The van der Waals surface area contributed by atoms with Crippen molar-refractivity contribution in [1.29, 1.82) is 0 Å². The molecule has 0 heterocycles. The van der Waals surface area contributed by atoms with Crippen molar-refractivity contribution >= 4 is 33.4 Å². The number of hydrogen-bond donors (Lipinski definition) is 1. The summed E-state index contributed by atoms with van der Waals surface area (Å²) in [5.41, 5.74) is 1.25. The number of benzene rings is 2. The summed E-state index contributed by atoms with van der Waals surface area (Å²) in [6.07, 6.45) is -3.71. The number of halogens is 5. The van der Waals surface area contributed by atoms with Crippen LogP contribution in [-0.4, -0.2) is 56.3 Å². The van der Waals surface area contributed by atoms with Crippen molar-refractivity contribution in [2.45, 2.75) is 56.8 Å². The SMILES string of the molecule is CCOCCN(C)[C@H]1CC[C@@H](C(=O)NC(c2ccc(Cl)cc2)C(F)C(F)F)[C@H](c2ccc(Br)cc2)C1. The molecule has 1 aliphatic rings. The maximum atomic E-state index is 14.7. The molecule has 0 aromatic heterocycles. The molecule has 198 valence electrons. The molecule has 1 aliphatic carbocycles. The second kappa shape index (κ2) is 13.8. The molecular weight excluding hydrogens is 557 g/mol. The molecule has 2 unspecified atom stereocenters. The Morgan fingerprint density at radius 2 is 1.81 bits per heavy atom. The van der Waals surface area contributed by atoms with Crippen LogP contribution in [0.1, 0.15) is 49.3 Å². The third-order valence-electron chi connectivity index (χ3n) is 6.96. The Labute approximate surface area is 224 Å². The lowest BCUT2D eigenvalue weighted by molar-refractivity contribution is -0.129. The van der Waals surface area contributed by atoms with Crippen molar-refractivity contribution in [3.05, 3.63) is 69.2 Å². The van der Waals surface area contributed by atoms with E-state index in [1.165, 1.54) is 24.3 Å². The van der Waals surface area contributed by atoms with Crippen LogP contribution in [0.25, 0.3) is 0 Å². The summed E-state index contributed by atoms with van der Waals surface area (Å²) in [5, 5.41) is 3.02. The monoisotopic (exact) mass is 588 g/mol. The van der Waals surface area contributed by atoms with Crippen molar-refractivity contribution in [2.75, 3.05) is 26.8 Å². The fourth-order valence-electron chi connectivity index (χ4n) is 4.90. The Kier molecular flexibility index (Phi) is 11.1. The van der Waals surface area contributed by atoms with Gasteiger partial charge in [0.1, 0.15) is 0 Å². The highest BCUT2D eigenvalue weighted by Gasteiger charge is 2.40. The van der Waals surface area contributed by atoms with Gasteiger partial charge in [-0.25, -0.2) is 13.2 Å². The summed E-state index contributed by atoms with van der Waals surface area (Å²) in [4.78, 5) is 15.8. The lowest BCUT2D eigenvalue weighted by Crippen LogP contribution is -2.46. The molecule has 2 aromatic rings. The van der Waals surface area contributed by atoms with Crippen molar-refractivity contribution in [3.63, 3.8) is 0 Å². The first-order valence-electron chi connectivity index (χ1n) is 12.2.